The van der Waals surface area contributed by atoms with Crippen LogP contribution in [0.15, 0.2) is 27.1 Å². The standard InChI is InChI=1S/C21H28Br2N4O4/c1-12(28)17(18(24)29)26-20(31)21(11-13-8-14(22)10-15(23)9-13)5-3-7-27(21)19(30)16-4-2-6-25-16/h8-10,12,16-17,25,28H,2-7,11H2,1H3,(H2,24,29)(H,26,31)/t12-,16?,17+,21?/m1/s1. The fourth-order valence-electron chi connectivity index (χ4n) is 4.54. The Morgan fingerprint density at radius 2 is 1.97 bits per heavy atom. The van der Waals surface area contributed by atoms with Crippen molar-refractivity contribution in [3.63, 3.8) is 0 Å². The van der Waals surface area contributed by atoms with Crippen LogP contribution in [0.4, 0.5) is 0 Å². The van der Waals surface area contributed by atoms with Crippen LogP contribution in [0.1, 0.15) is 38.2 Å². The summed E-state index contributed by atoms with van der Waals surface area (Å²) in [7, 11) is 0. The summed E-state index contributed by atoms with van der Waals surface area (Å²) in [5, 5.41) is 15.8. The van der Waals surface area contributed by atoms with Crippen molar-refractivity contribution >= 4 is 49.6 Å². The molecule has 0 saturated carbocycles. The molecular formula is C21H28Br2N4O4. The zero-order valence-corrected chi connectivity index (χ0v) is 20.5. The van der Waals surface area contributed by atoms with E-state index in [1.807, 2.05) is 18.2 Å². The van der Waals surface area contributed by atoms with Gasteiger partial charge in [0.1, 0.15) is 11.6 Å². The number of carbonyl (C=O) groups excluding carboxylic acids is 3. The topological polar surface area (TPSA) is 125 Å². The third-order valence-corrected chi connectivity index (χ3v) is 6.95. The monoisotopic (exact) mass is 558 g/mol. The van der Waals surface area contributed by atoms with E-state index in [-0.39, 0.29) is 18.4 Å². The summed E-state index contributed by atoms with van der Waals surface area (Å²) in [5.41, 5.74) is 5.09. The van der Waals surface area contributed by atoms with Gasteiger partial charge in [0, 0.05) is 21.9 Å². The summed E-state index contributed by atoms with van der Waals surface area (Å²) in [6.07, 6.45) is 1.88. The predicted octanol–water partition coefficient (Wildman–Crippen LogP) is 1.22. The number of aliphatic hydroxyl groups excluding tert-OH is 1. The number of hydrogen-bond acceptors (Lipinski definition) is 5. The van der Waals surface area contributed by atoms with Gasteiger partial charge in [-0.1, -0.05) is 31.9 Å². The van der Waals surface area contributed by atoms with Crippen molar-refractivity contribution in [1.29, 1.82) is 0 Å². The minimum absolute atomic E-state index is 0.105. The molecule has 3 amide bonds. The van der Waals surface area contributed by atoms with E-state index in [9.17, 15) is 19.5 Å². The van der Waals surface area contributed by atoms with Gasteiger partial charge < -0.3 is 26.4 Å². The summed E-state index contributed by atoms with van der Waals surface area (Å²) in [6.45, 7) is 2.62. The Kier molecular flexibility index (Phi) is 7.77. The second-order valence-electron chi connectivity index (χ2n) is 8.32. The normalized spacial score (nSPS) is 25.3. The highest BCUT2D eigenvalue weighted by molar-refractivity contribution is 9.11. The fourth-order valence-corrected chi connectivity index (χ4v) is 5.93. The molecule has 2 aliphatic heterocycles. The molecule has 0 aliphatic carbocycles. The van der Waals surface area contributed by atoms with Crippen molar-refractivity contribution in [3.05, 3.63) is 32.7 Å². The molecule has 2 aliphatic rings. The number of primary amides is 1. The number of halogens is 2. The van der Waals surface area contributed by atoms with E-state index >= 15 is 0 Å². The predicted molar refractivity (Wildman–Crippen MR) is 123 cm³/mol. The molecule has 8 nitrogen and oxygen atoms in total. The van der Waals surface area contributed by atoms with Crippen molar-refractivity contribution in [1.82, 2.24) is 15.5 Å². The zero-order valence-electron chi connectivity index (χ0n) is 17.4. The molecule has 4 atom stereocenters. The third kappa shape index (κ3) is 5.30. The van der Waals surface area contributed by atoms with Gasteiger partial charge in [0.25, 0.3) is 0 Å². The van der Waals surface area contributed by atoms with E-state index in [2.05, 4.69) is 42.5 Å². The second-order valence-corrected chi connectivity index (χ2v) is 10.2. The van der Waals surface area contributed by atoms with Crippen molar-refractivity contribution < 1.29 is 19.5 Å². The first-order chi connectivity index (χ1) is 14.6. The average molecular weight is 560 g/mol. The second kappa shape index (κ2) is 9.97. The zero-order chi connectivity index (χ0) is 22.8. The van der Waals surface area contributed by atoms with Crippen LogP contribution in [0.2, 0.25) is 0 Å². The van der Waals surface area contributed by atoms with E-state index in [1.165, 1.54) is 6.92 Å². The molecule has 0 radical (unpaired) electrons. The van der Waals surface area contributed by atoms with Gasteiger partial charge in [0.05, 0.1) is 12.1 Å². The highest BCUT2D eigenvalue weighted by atomic mass is 79.9. The maximum Gasteiger partial charge on any atom is 0.247 e. The average Bonchev–Trinajstić information content (AvgIpc) is 3.34. The SMILES string of the molecule is C[C@@H](O)[C@H](NC(=O)C1(Cc2cc(Br)cc(Br)c2)CCCN1C(=O)C1CCCN1)C(N)=O. The van der Waals surface area contributed by atoms with Crippen LogP contribution in [0.3, 0.4) is 0 Å². The molecule has 0 aromatic heterocycles. The first-order valence-electron chi connectivity index (χ1n) is 10.4. The van der Waals surface area contributed by atoms with Crippen molar-refractivity contribution in [3.8, 4) is 0 Å². The van der Waals surface area contributed by atoms with Crippen molar-refractivity contribution in [2.75, 3.05) is 13.1 Å². The Balaban J connectivity index is 1.98. The molecule has 5 N–H and O–H groups in total. The molecule has 3 rings (SSSR count). The molecule has 1 aromatic carbocycles. The molecule has 0 bridgehead atoms. The van der Waals surface area contributed by atoms with Gasteiger partial charge in [-0.3, -0.25) is 14.4 Å². The molecule has 2 heterocycles. The number of nitrogens with zero attached hydrogens (tertiary/aromatic N) is 1. The van der Waals surface area contributed by atoms with Crippen LogP contribution >= 0.6 is 31.9 Å². The summed E-state index contributed by atoms with van der Waals surface area (Å²) >= 11 is 6.96. The lowest BCUT2D eigenvalue weighted by Gasteiger charge is -2.39. The van der Waals surface area contributed by atoms with Gasteiger partial charge in [-0.05, 0) is 62.9 Å². The van der Waals surface area contributed by atoms with Crippen LogP contribution < -0.4 is 16.4 Å². The van der Waals surface area contributed by atoms with Crippen LogP contribution in [0.25, 0.3) is 0 Å². The number of rotatable bonds is 7. The maximum absolute atomic E-state index is 13.6. The first-order valence-corrected chi connectivity index (χ1v) is 12.0. The largest absolute Gasteiger partial charge is 0.391 e. The number of nitrogens with two attached hydrogens (primary N) is 1. The quantitative estimate of drug-likeness (QED) is 0.400. The van der Waals surface area contributed by atoms with Gasteiger partial charge in [-0.2, -0.15) is 0 Å². The van der Waals surface area contributed by atoms with E-state index in [4.69, 9.17) is 5.73 Å². The number of nitrogens with one attached hydrogen (secondary N) is 2. The molecule has 2 fully saturated rings. The lowest BCUT2D eigenvalue weighted by Crippen LogP contribution is -2.64. The van der Waals surface area contributed by atoms with E-state index in [1.54, 1.807) is 4.90 Å². The smallest absolute Gasteiger partial charge is 0.247 e. The van der Waals surface area contributed by atoms with E-state index < -0.39 is 29.5 Å². The Hall–Kier alpha value is -1.49. The Bertz CT molecular complexity index is 840. The summed E-state index contributed by atoms with van der Waals surface area (Å²) in [4.78, 5) is 40.5. The summed E-state index contributed by atoms with van der Waals surface area (Å²) in [5.74, 6) is -1.40. The molecular weight excluding hydrogens is 532 g/mol. The lowest BCUT2D eigenvalue weighted by atomic mass is 9.86. The third-order valence-electron chi connectivity index (χ3n) is 6.03. The molecule has 2 unspecified atom stereocenters. The number of benzene rings is 1. The van der Waals surface area contributed by atoms with Crippen molar-refractivity contribution in [2.45, 2.75) is 62.8 Å². The minimum atomic E-state index is -1.24. The molecule has 170 valence electrons. The molecule has 2 saturated heterocycles. The summed E-state index contributed by atoms with van der Waals surface area (Å²) < 4.78 is 1.69. The molecule has 31 heavy (non-hydrogen) atoms. The summed E-state index contributed by atoms with van der Waals surface area (Å²) in [6, 6.07) is 4.17. The number of hydrogen-bond donors (Lipinski definition) is 4. The van der Waals surface area contributed by atoms with Gasteiger partial charge >= 0.3 is 0 Å². The van der Waals surface area contributed by atoms with Crippen LogP contribution in [-0.2, 0) is 20.8 Å². The number of likely N-dealkylation sites (tertiary alicyclic amines) is 1. The van der Waals surface area contributed by atoms with E-state index in [0.717, 1.165) is 33.9 Å². The minimum Gasteiger partial charge on any atom is -0.391 e. The highest BCUT2D eigenvalue weighted by Crippen LogP contribution is 2.36. The number of amides is 3. The highest BCUT2D eigenvalue weighted by Gasteiger charge is 2.51. The maximum atomic E-state index is 13.6. The van der Waals surface area contributed by atoms with Gasteiger partial charge in [-0.15, -0.1) is 0 Å². The van der Waals surface area contributed by atoms with Crippen LogP contribution in [0.5, 0.6) is 0 Å². The Morgan fingerprint density at radius 3 is 2.52 bits per heavy atom. The van der Waals surface area contributed by atoms with Crippen molar-refractivity contribution in [2.24, 2.45) is 5.73 Å². The molecule has 10 heteroatoms. The van der Waals surface area contributed by atoms with Crippen LogP contribution in [0, 0.1) is 0 Å². The van der Waals surface area contributed by atoms with Gasteiger partial charge in [0.15, 0.2) is 0 Å². The van der Waals surface area contributed by atoms with Crippen LogP contribution in [-0.4, -0.2) is 64.5 Å². The number of carbonyl (C=O) groups is 3. The molecule has 0 spiro atoms. The Labute approximate surface area is 198 Å². The fraction of sp³-hybridized carbons (Fsp3) is 0.571. The van der Waals surface area contributed by atoms with E-state index in [0.29, 0.717) is 19.4 Å². The number of aliphatic hydroxyl groups is 1. The van der Waals surface area contributed by atoms with Gasteiger partial charge in [0.2, 0.25) is 17.7 Å². The van der Waals surface area contributed by atoms with Gasteiger partial charge in [-0.25, -0.2) is 0 Å². The Morgan fingerprint density at radius 1 is 1.29 bits per heavy atom. The lowest BCUT2D eigenvalue weighted by molar-refractivity contribution is -0.147. The molecule has 1 aromatic rings. The first kappa shape index (κ1) is 24.2.